The van der Waals surface area contributed by atoms with E-state index in [1.54, 1.807) is 0 Å². The molecule has 0 aromatic heterocycles. The van der Waals surface area contributed by atoms with Crippen LogP contribution in [-0.2, 0) is 4.79 Å². The number of amides is 1. The second kappa shape index (κ2) is 5.53. The van der Waals surface area contributed by atoms with Gasteiger partial charge in [0.05, 0.1) is 0 Å². The van der Waals surface area contributed by atoms with E-state index in [0.29, 0.717) is 5.92 Å². The van der Waals surface area contributed by atoms with Crippen LogP contribution >= 0.6 is 0 Å². The maximum absolute atomic E-state index is 11.6. The molecular weight excluding hydrogens is 186 g/mol. The van der Waals surface area contributed by atoms with Crippen molar-refractivity contribution in [1.29, 1.82) is 0 Å². The molecule has 2 N–H and O–H groups in total. The summed E-state index contributed by atoms with van der Waals surface area (Å²) in [5, 5.41) is 0. The van der Waals surface area contributed by atoms with Crippen molar-refractivity contribution < 1.29 is 4.79 Å². The van der Waals surface area contributed by atoms with Crippen molar-refractivity contribution in [3.05, 3.63) is 0 Å². The Morgan fingerprint density at radius 1 is 1.33 bits per heavy atom. The lowest BCUT2D eigenvalue weighted by Crippen LogP contribution is -2.40. The molecule has 88 valence electrons. The highest BCUT2D eigenvalue weighted by Gasteiger charge is 2.38. The van der Waals surface area contributed by atoms with Crippen molar-refractivity contribution in [1.82, 2.24) is 0 Å². The van der Waals surface area contributed by atoms with E-state index in [-0.39, 0.29) is 11.3 Å². The molecule has 0 aliphatic heterocycles. The topological polar surface area (TPSA) is 43.1 Å². The Morgan fingerprint density at radius 2 is 1.93 bits per heavy atom. The van der Waals surface area contributed by atoms with Gasteiger partial charge in [0.25, 0.3) is 0 Å². The number of carbonyl (C=O) groups excluding carboxylic acids is 1. The molecule has 2 heteroatoms. The van der Waals surface area contributed by atoms with Gasteiger partial charge in [-0.25, -0.2) is 0 Å². The van der Waals surface area contributed by atoms with Crippen molar-refractivity contribution in [3.8, 4) is 0 Å². The molecule has 0 aromatic rings. The largest absolute Gasteiger partial charge is 0.369 e. The third-order valence-electron chi connectivity index (χ3n) is 3.85. The van der Waals surface area contributed by atoms with E-state index in [0.717, 1.165) is 19.3 Å². The fourth-order valence-electron chi connectivity index (χ4n) is 3.04. The first kappa shape index (κ1) is 12.5. The van der Waals surface area contributed by atoms with E-state index in [2.05, 4.69) is 13.8 Å². The second-order valence-corrected chi connectivity index (χ2v) is 5.30. The van der Waals surface area contributed by atoms with Crippen LogP contribution in [0.2, 0.25) is 0 Å². The molecule has 15 heavy (non-hydrogen) atoms. The van der Waals surface area contributed by atoms with Crippen molar-refractivity contribution >= 4 is 5.91 Å². The van der Waals surface area contributed by atoms with Crippen LogP contribution < -0.4 is 5.73 Å². The van der Waals surface area contributed by atoms with Crippen LogP contribution in [0.25, 0.3) is 0 Å². The molecule has 0 saturated heterocycles. The van der Waals surface area contributed by atoms with E-state index < -0.39 is 0 Å². The summed E-state index contributed by atoms with van der Waals surface area (Å²) in [6.07, 6.45) is 9.12. The summed E-state index contributed by atoms with van der Waals surface area (Å²) in [7, 11) is 0. The van der Waals surface area contributed by atoms with Gasteiger partial charge in [-0.2, -0.15) is 0 Å². The van der Waals surface area contributed by atoms with Crippen LogP contribution in [0.4, 0.5) is 0 Å². The van der Waals surface area contributed by atoms with Crippen LogP contribution in [0, 0.1) is 11.3 Å². The minimum absolute atomic E-state index is 0.0508. The lowest BCUT2D eigenvalue weighted by molar-refractivity contribution is -0.130. The van der Waals surface area contributed by atoms with E-state index in [1.807, 2.05) is 0 Å². The van der Waals surface area contributed by atoms with Crippen LogP contribution in [0.5, 0.6) is 0 Å². The smallest absolute Gasteiger partial charge is 0.223 e. The first-order valence-electron chi connectivity index (χ1n) is 6.40. The number of hydrogen-bond donors (Lipinski definition) is 1. The molecule has 1 unspecified atom stereocenters. The Labute approximate surface area is 93.6 Å². The highest BCUT2D eigenvalue weighted by molar-refractivity contribution is 5.80. The molecule has 0 radical (unpaired) electrons. The number of nitrogens with two attached hydrogens (primary N) is 1. The summed E-state index contributed by atoms with van der Waals surface area (Å²) in [6.45, 7) is 4.46. The molecule has 1 atom stereocenters. The Hall–Kier alpha value is -0.530. The summed E-state index contributed by atoms with van der Waals surface area (Å²) in [4.78, 5) is 11.6. The maximum Gasteiger partial charge on any atom is 0.223 e. The summed E-state index contributed by atoms with van der Waals surface area (Å²) >= 11 is 0. The van der Waals surface area contributed by atoms with Gasteiger partial charge in [0.15, 0.2) is 0 Å². The molecule has 1 aliphatic carbocycles. The van der Waals surface area contributed by atoms with E-state index in [4.69, 9.17) is 5.73 Å². The number of carbonyl (C=O) groups is 1. The minimum atomic E-state index is -0.160. The van der Waals surface area contributed by atoms with Gasteiger partial charge >= 0.3 is 0 Å². The molecule has 1 aliphatic rings. The average Bonchev–Trinajstić information content (AvgIpc) is 2.19. The Bertz CT molecular complexity index is 207. The zero-order valence-corrected chi connectivity index (χ0v) is 10.2. The van der Waals surface area contributed by atoms with E-state index in [9.17, 15) is 4.79 Å². The first-order valence-corrected chi connectivity index (χ1v) is 6.40. The summed E-state index contributed by atoms with van der Waals surface area (Å²) in [5.41, 5.74) is 5.45. The van der Waals surface area contributed by atoms with E-state index >= 15 is 0 Å². The van der Waals surface area contributed by atoms with Crippen molar-refractivity contribution in [2.24, 2.45) is 17.1 Å². The van der Waals surface area contributed by atoms with Crippen molar-refractivity contribution in [2.75, 3.05) is 0 Å². The number of hydrogen-bond acceptors (Lipinski definition) is 1. The molecule has 1 saturated carbocycles. The van der Waals surface area contributed by atoms with Crippen LogP contribution in [0.1, 0.15) is 65.2 Å². The third-order valence-corrected chi connectivity index (χ3v) is 3.85. The first-order chi connectivity index (χ1) is 7.10. The quantitative estimate of drug-likeness (QED) is 0.745. The van der Waals surface area contributed by atoms with Gasteiger partial charge in [0.1, 0.15) is 0 Å². The van der Waals surface area contributed by atoms with Gasteiger partial charge in [0.2, 0.25) is 5.91 Å². The average molecular weight is 211 g/mol. The van der Waals surface area contributed by atoms with E-state index in [1.165, 1.54) is 32.1 Å². The lowest BCUT2D eigenvalue weighted by Gasteiger charge is -2.36. The van der Waals surface area contributed by atoms with Gasteiger partial charge in [0, 0.05) is 5.41 Å². The predicted molar refractivity (Wildman–Crippen MR) is 63.4 cm³/mol. The number of primary amides is 1. The fourth-order valence-corrected chi connectivity index (χ4v) is 3.04. The highest BCUT2D eigenvalue weighted by atomic mass is 16.1. The summed E-state index contributed by atoms with van der Waals surface area (Å²) in [6, 6.07) is 0. The monoisotopic (exact) mass is 211 g/mol. The van der Waals surface area contributed by atoms with Gasteiger partial charge in [-0.1, -0.05) is 46.0 Å². The van der Waals surface area contributed by atoms with Gasteiger partial charge in [-0.3, -0.25) is 4.79 Å². The van der Waals surface area contributed by atoms with Crippen LogP contribution in [-0.4, -0.2) is 5.91 Å². The van der Waals surface area contributed by atoms with Gasteiger partial charge in [-0.15, -0.1) is 0 Å². The molecule has 2 nitrogen and oxygen atoms in total. The normalized spacial score (nSPS) is 22.3. The standard InChI is InChI=1S/C13H25NO/c1-3-7-11(2)10-13(12(14)15)8-5-4-6-9-13/h11H,3-10H2,1-2H3,(H2,14,15). The summed E-state index contributed by atoms with van der Waals surface area (Å²) < 4.78 is 0. The molecule has 0 aromatic carbocycles. The molecule has 0 bridgehead atoms. The Balaban J connectivity index is 2.60. The van der Waals surface area contributed by atoms with Crippen molar-refractivity contribution in [3.63, 3.8) is 0 Å². The molecule has 0 spiro atoms. The molecular formula is C13H25NO. The SMILES string of the molecule is CCCC(C)CC1(C(N)=O)CCCCC1. The summed E-state index contributed by atoms with van der Waals surface area (Å²) in [5.74, 6) is 0.589. The third kappa shape index (κ3) is 3.22. The second-order valence-electron chi connectivity index (χ2n) is 5.30. The zero-order chi connectivity index (χ0) is 11.3. The lowest BCUT2D eigenvalue weighted by atomic mass is 9.68. The Morgan fingerprint density at radius 3 is 2.40 bits per heavy atom. The number of rotatable bonds is 5. The van der Waals surface area contributed by atoms with Crippen LogP contribution in [0.3, 0.4) is 0 Å². The predicted octanol–water partition coefficient (Wildman–Crippen LogP) is 3.25. The molecule has 0 heterocycles. The highest BCUT2D eigenvalue weighted by Crippen LogP contribution is 2.41. The fraction of sp³-hybridized carbons (Fsp3) is 0.923. The van der Waals surface area contributed by atoms with Crippen molar-refractivity contribution in [2.45, 2.75) is 65.2 Å². The molecule has 1 fully saturated rings. The zero-order valence-electron chi connectivity index (χ0n) is 10.2. The van der Waals surface area contributed by atoms with Gasteiger partial charge in [-0.05, 0) is 25.2 Å². The molecule has 1 amide bonds. The minimum Gasteiger partial charge on any atom is -0.369 e. The maximum atomic E-state index is 11.6. The molecule has 1 rings (SSSR count). The Kier molecular flexibility index (Phi) is 4.62. The van der Waals surface area contributed by atoms with Crippen LogP contribution in [0.15, 0.2) is 0 Å². The van der Waals surface area contributed by atoms with Gasteiger partial charge < -0.3 is 5.73 Å².